The summed E-state index contributed by atoms with van der Waals surface area (Å²) in [5.41, 5.74) is -13.9. The fourth-order valence-corrected chi connectivity index (χ4v) is 12.5. The van der Waals surface area contributed by atoms with Crippen molar-refractivity contribution in [2.45, 2.75) is 219 Å². The molecule has 0 aromatic heterocycles. The van der Waals surface area contributed by atoms with Gasteiger partial charge in [-0.2, -0.15) is 52.7 Å². The first-order chi connectivity index (χ1) is 32.6. The summed E-state index contributed by atoms with van der Waals surface area (Å²) in [4.78, 5) is 48.6. The van der Waals surface area contributed by atoms with E-state index in [2.05, 4.69) is 13.8 Å². The molecule has 0 amide bonds. The van der Waals surface area contributed by atoms with Crippen molar-refractivity contribution in [1.29, 1.82) is 0 Å². The van der Waals surface area contributed by atoms with E-state index in [4.69, 9.17) is 18.9 Å². The molecule has 0 aromatic rings. The maximum absolute atomic E-state index is 13.3. The fourth-order valence-electron chi connectivity index (χ4n) is 12.5. The lowest BCUT2D eigenvalue weighted by Gasteiger charge is -2.60. The molecule has 1 saturated heterocycles. The zero-order valence-corrected chi connectivity index (χ0v) is 42.5. The Morgan fingerprint density at radius 3 is 1.32 bits per heavy atom. The van der Waals surface area contributed by atoms with E-state index in [1.54, 1.807) is 0 Å². The topological polar surface area (TPSA) is 146 Å². The number of fused-ring (bicyclic) bond motifs is 1. The second-order valence-corrected chi connectivity index (χ2v) is 23.6. The van der Waals surface area contributed by atoms with Gasteiger partial charge < -0.3 is 29.2 Å². The summed E-state index contributed by atoms with van der Waals surface area (Å²) < 4.78 is 182. The van der Waals surface area contributed by atoms with Crippen LogP contribution in [0, 0.1) is 69.5 Å². The molecule has 416 valence electrons. The number of hydrogen-bond acceptors (Lipinski definition) is 10. The van der Waals surface area contributed by atoms with E-state index in [0.29, 0.717) is 23.7 Å². The summed E-state index contributed by atoms with van der Waals surface area (Å²) in [6.45, 7) is 17.9. The molecule has 7 unspecified atom stereocenters. The monoisotopic (exact) mass is 1060 g/mol. The molecule has 0 spiro atoms. The number of esters is 4. The van der Waals surface area contributed by atoms with Crippen LogP contribution in [0.2, 0.25) is 0 Å². The quantitative estimate of drug-likeness (QED) is 0.110. The molecule has 10 nitrogen and oxygen atoms in total. The Hall–Kier alpha value is -3.04. The third-order valence-corrected chi connectivity index (χ3v) is 18.2. The van der Waals surface area contributed by atoms with E-state index in [-0.39, 0.29) is 53.5 Å². The number of aliphatic hydroxyl groups is 2. The first kappa shape index (κ1) is 59.8. The minimum Gasteiger partial charge on any atom is -0.462 e. The standard InChI is InChI=1S/C18H22F12O4.C18H30O2.C14H20O4/c1-4-12(2,3)11(31)34-10-6-8(13(32,15(19,20)21)16(22,23)24)5-9(7-10)14(33,17(25,26)27)18(28,29)30;1-5-17(3,4)16(19)20-18(6-2)14-8-12-7-13(10-14)11-15(18)9-12;1-4-14(2,3)13(16)18-10-7-5-8-9(6-7)12(15)17-11(8)10/h8-10,32-33H,4-7H2,1-3H3;12-15H,5-11H2,1-4H3;7-11H,4-6H2,1-3H3. The molecule has 7 saturated carbocycles. The largest absolute Gasteiger partial charge is 0.462 e. The van der Waals surface area contributed by atoms with Gasteiger partial charge in [-0.25, -0.2) is 0 Å². The van der Waals surface area contributed by atoms with E-state index in [1.165, 1.54) is 52.9 Å². The number of halogens is 12. The molecule has 0 radical (unpaired) electrons. The minimum absolute atomic E-state index is 0.0184. The van der Waals surface area contributed by atoms with Gasteiger partial charge in [0, 0.05) is 23.7 Å². The second kappa shape index (κ2) is 20.2. The average molecular weight is 1060 g/mol. The molecule has 7 aliphatic carbocycles. The van der Waals surface area contributed by atoms with Crippen LogP contribution < -0.4 is 0 Å². The molecular formula is C50H72F12O10. The molecule has 72 heavy (non-hydrogen) atoms. The van der Waals surface area contributed by atoms with Crippen LogP contribution in [0.25, 0.3) is 0 Å². The van der Waals surface area contributed by atoms with Crippen molar-refractivity contribution in [3.8, 4) is 0 Å². The summed E-state index contributed by atoms with van der Waals surface area (Å²) in [5.74, 6) is -4.44. The summed E-state index contributed by atoms with van der Waals surface area (Å²) >= 11 is 0. The van der Waals surface area contributed by atoms with E-state index < -0.39 is 89.9 Å². The zero-order valence-electron chi connectivity index (χ0n) is 42.5. The summed E-state index contributed by atoms with van der Waals surface area (Å²) in [6, 6.07) is 0. The fraction of sp³-hybridized carbons (Fsp3) is 0.920. The molecule has 22 heteroatoms. The van der Waals surface area contributed by atoms with Crippen LogP contribution in [0.5, 0.6) is 0 Å². The Morgan fingerprint density at radius 2 is 0.944 bits per heavy atom. The number of rotatable bonds is 12. The van der Waals surface area contributed by atoms with Crippen molar-refractivity contribution >= 4 is 23.9 Å². The highest BCUT2D eigenvalue weighted by Crippen LogP contribution is 2.62. The number of carbonyl (C=O) groups excluding carboxylic acids is 4. The highest BCUT2D eigenvalue weighted by Gasteiger charge is 2.78. The normalized spacial score (nSPS) is 33.6. The minimum atomic E-state index is -6.58. The van der Waals surface area contributed by atoms with Crippen molar-refractivity contribution in [2.75, 3.05) is 0 Å². The van der Waals surface area contributed by atoms with Gasteiger partial charge in [-0.1, -0.05) is 27.7 Å². The molecule has 8 aliphatic rings. The molecule has 0 aromatic carbocycles. The smallest absolute Gasteiger partial charge is 0.426 e. The van der Waals surface area contributed by atoms with Crippen molar-refractivity contribution in [3.63, 3.8) is 0 Å². The molecule has 6 bridgehead atoms. The van der Waals surface area contributed by atoms with Gasteiger partial charge >= 0.3 is 48.6 Å². The Kier molecular flexibility index (Phi) is 16.7. The summed E-state index contributed by atoms with van der Waals surface area (Å²) in [6.07, 6.45) is -23.3. The van der Waals surface area contributed by atoms with Crippen LogP contribution in [0.4, 0.5) is 52.7 Å². The highest BCUT2D eigenvalue weighted by atomic mass is 19.4. The van der Waals surface area contributed by atoms with Gasteiger partial charge in [-0.3, -0.25) is 19.2 Å². The Bertz CT molecular complexity index is 1870. The second-order valence-electron chi connectivity index (χ2n) is 23.6. The lowest BCUT2D eigenvalue weighted by Crippen LogP contribution is -2.67. The van der Waals surface area contributed by atoms with Gasteiger partial charge in [0.25, 0.3) is 11.2 Å². The molecule has 1 heterocycles. The van der Waals surface area contributed by atoms with Crippen molar-refractivity contribution < 1.29 is 101 Å². The van der Waals surface area contributed by atoms with Gasteiger partial charge in [0.2, 0.25) is 0 Å². The van der Waals surface area contributed by atoms with Gasteiger partial charge in [0.05, 0.1) is 22.2 Å². The van der Waals surface area contributed by atoms with Gasteiger partial charge in [-0.15, -0.1) is 0 Å². The van der Waals surface area contributed by atoms with Crippen LogP contribution in [0.1, 0.15) is 159 Å². The highest BCUT2D eigenvalue weighted by molar-refractivity contribution is 5.79. The number of carbonyl (C=O) groups is 4. The predicted octanol–water partition coefficient (Wildman–Crippen LogP) is 11.9. The molecule has 8 fully saturated rings. The molecule has 7 atom stereocenters. The molecule has 2 N–H and O–H groups in total. The Morgan fingerprint density at radius 1 is 0.556 bits per heavy atom. The number of alkyl halides is 12. The van der Waals surface area contributed by atoms with Gasteiger partial charge in [0.15, 0.2) is 0 Å². The van der Waals surface area contributed by atoms with Crippen molar-refractivity contribution in [1.82, 2.24) is 0 Å². The maximum atomic E-state index is 13.3. The molecule has 1 aliphatic heterocycles. The van der Waals surface area contributed by atoms with Crippen LogP contribution in [-0.4, -0.2) is 93.9 Å². The summed E-state index contributed by atoms with van der Waals surface area (Å²) in [7, 11) is 0. The zero-order chi connectivity index (χ0) is 55.0. The van der Waals surface area contributed by atoms with E-state index in [9.17, 15) is 82.1 Å². The third kappa shape index (κ3) is 10.8. The van der Waals surface area contributed by atoms with E-state index in [1.807, 2.05) is 34.6 Å². The third-order valence-electron chi connectivity index (χ3n) is 18.2. The van der Waals surface area contributed by atoms with Gasteiger partial charge in [-0.05, 0) is 155 Å². The van der Waals surface area contributed by atoms with Crippen LogP contribution in [0.3, 0.4) is 0 Å². The van der Waals surface area contributed by atoms with Crippen molar-refractivity contribution in [2.24, 2.45) is 69.5 Å². The van der Waals surface area contributed by atoms with Crippen LogP contribution in [0.15, 0.2) is 0 Å². The SMILES string of the molecule is CCC(C)(C)C(=O)OC1(CC)C2CC3CC(C2)CC1C3.CCC(C)(C)C(=O)OC1C2CC3C(=O)OC1C3C2.CCC(C)(C)C(=O)OC1CC(C(O)(C(F)(F)F)C(F)(F)F)CC(C(O)(C(F)(F)F)C(F)(F)F)C1. The molecular weight excluding hydrogens is 989 g/mol. The summed E-state index contributed by atoms with van der Waals surface area (Å²) in [5, 5.41) is 19.2. The average Bonchev–Trinajstić information content (AvgIpc) is 3.91. The molecule has 8 rings (SSSR count). The Balaban J connectivity index is 0.000000214. The predicted molar refractivity (Wildman–Crippen MR) is 233 cm³/mol. The number of hydrogen-bond donors (Lipinski definition) is 2. The maximum Gasteiger partial charge on any atom is 0.426 e. The lowest BCUT2D eigenvalue weighted by molar-refractivity contribution is -0.405. The lowest BCUT2D eigenvalue weighted by atomic mass is 9.49. The Labute approximate surface area is 412 Å². The first-order valence-corrected chi connectivity index (χ1v) is 25.2. The van der Waals surface area contributed by atoms with Crippen molar-refractivity contribution in [3.05, 3.63) is 0 Å². The van der Waals surface area contributed by atoms with E-state index >= 15 is 0 Å². The van der Waals surface area contributed by atoms with Gasteiger partial charge in [0.1, 0.15) is 23.9 Å². The van der Waals surface area contributed by atoms with E-state index in [0.717, 1.165) is 43.9 Å². The number of ether oxygens (including phenoxy) is 4. The first-order valence-electron chi connectivity index (χ1n) is 25.2. The van der Waals surface area contributed by atoms with Crippen LogP contribution in [-0.2, 0) is 38.1 Å². The van der Waals surface area contributed by atoms with Crippen LogP contribution >= 0.6 is 0 Å².